The minimum atomic E-state index is -4.32. The highest BCUT2D eigenvalue weighted by Gasteiger charge is 2.34. The first-order chi connectivity index (χ1) is 11.6. The summed E-state index contributed by atoms with van der Waals surface area (Å²) in [4.78, 5) is 0. The van der Waals surface area contributed by atoms with E-state index in [0.29, 0.717) is 5.92 Å². The van der Waals surface area contributed by atoms with Crippen LogP contribution in [0.4, 0.5) is 13.2 Å². The summed E-state index contributed by atoms with van der Waals surface area (Å²) in [5, 5.41) is 0. The smallest absolute Gasteiger partial charge is 0.321 e. The van der Waals surface area contributed by atoms with Gasteiger partial charge in [-0.2, -0.15) is 13.2 Å². The van der Waals surface area contributed by atoms with Crippen molar-refractivity contribution in [3.63, 3.8) is 0 Å². The average molecular weight is 349 g/mol. The second-order valence-electron chi connectivity index (χ2n) is 7.29. The van der Waals surface area contributed by atoms with Gasteiger partial charge in [0.05, 0.1) is 5.56 Å². The van der Waals surface area contributed by atoms with Crippen molar-refractivity contribution in [1.82, 2.24) is 0 Å². The number of hydrogen-bond donors (Lipinski definition) is 1. The molecule has 0 amide bonds. The normalized spacial score (nSPS) is 15.8. The van der Waals surface area contributed by atoms with Gasteiger partial charge in [-0.05, 0) is 42.5 Å². The van der Waals surface area contributed by atoms with Gasteiger partial charge >= 0.3 is 6.18 Å². The Bertz CT molecular complexity index is 658. The predicted molar refractivity (Wildman–Crippen MR) is 96.2 cm³/mol. The lowest BCUT2D eigenvalue weighted by atomic mass is 9.73. The summed E-state index contributed by atoms with van der Waals surface area (Å²) in [6.45, 7) is 6.24. The zero-order chi connectivity index (χ0) is 18.7. The van der Waals surface area contributed by atoms with Gasteiger partial charge in [-0.15, -0.1) is 0 Å². The van der Waals surface area contributed by atoms with Crippen LogP contribution in [0.3, 0.4) is 0 Å². The molecule has 2 rings (SSSR count). The van der Waals surface area contributed by atoms with Crippen LogP contribution in [0, 0.1) is 5.92 Å². The fourth-order valence-corrected chi connectivity index (χ4v) is 3.22. The molecule has 2 N–H and O–H groups in total. The van der Waals surface area contributed by atoms with E-state index in [2.05, 4.69) is 13.8 Å². The third-order valence-electron chi connectivity index (χ3n) is 4.79. The topological polar surface area (TPSA) is 26.0 Å². The summed E-state index contributed by atoms with van der Waals surface area (Å²) >= 11 is 0. The van der Waals surface area contributed by atoms with E-state index >= 15 is 0 Å². The van der Waals surface area contributed by atoms with Crippen LogP contribution in [0.5, 0.6) is 0 Å². The quantitative estimate of drug-likeness (QED) is 0.670. The molecule has 0 saturated heterocycles. The molecular formula is C21H26F3N. The highest BCUT2D eigenvalue weighted by Crippen LogP contribution is 2.40. The number of nitrogens with two attached hydrogens (primary N) is 1. The zero-order valence-electron chi connectivity index (χ0n) is 15.0. The monoisotopic (exact) mass is 349 g/mol. The molecule has 0 radical (unpaired) electrons. The van der Waals surface area contributed by atoms with Crippen molar-refractivity contribution in [3.8, 4) is 0 Å². The summed E-state index contributed by atoms with van der Waals surface area (Å²) < 4.78 is 38.5. The molecule has 0 saturated carbocycles. The van der Waals surface area contributed by atoms with E-state index in [4.69, 9.17) is 5.73 Å². The van der Waals surface area contributed by atoms with Crippen molar-refractivity contribution in [1.29, 1.82) is 0 Å². The summed E-state index contributed by atoms with van der Waals surface area (Å²) in [7, 11) is 0. The summed E-state index contributed by atoms with van der Waals surface area (Å²) in [5.74, 6) is 0.447. The van der Waals surface area contributed by atoms with Gasteiger partial charge in [0.1, 0.15) is 0 Å². The molecule has 0 aromatic heterocycles. The Morgan fingerprint density at radius 2 is 1.40 bits per heavy atom. The summed E-state index contributed by atoms with van der Waals surface area (Å²) in [6, 6.07) is 15.2. The lowest BCUT2D eigenvalue weighted by Crippen LogP contribution is -2.40. The van der Waals surface area contributed by atoms with Crippen LogP contribution in [0.2, 0.25) is 0 Å². The molecule has 136 valence electrons. The molecule has 0 heterocycles. The van der Waals surface area contributed by atoms with Crippen molar-refractivity contribution in [2.45, 2.75) is 51.2 Å². The molecule has 0 spiro atoms. The standard InChI is InChI=1S/C21H26F3N/c1-15(2)9-14-19(20(3,25)17-7-5-4-6-8-17)16-10-12-18(13-11-16)21(22,23)24/h4-8,10-13,15,19H,9,14,25H2,1-3H3/t19-,20+/m0/s1. The minimum Gasteiger partial charge on any atom is -0.321 e. The first-order valence-corrected chi connectivity index (χ1v) is 8.64. The van der Waals surface area contributed by atoms with E-state index in [1.54, 1.807) is 12.1 Å². The Kier molecular flexibility index (Phi) is 5.94. The lowest BCUT2D eigenvalue weighted by molar-refractivity contribution is -0.137. The Morgan fingerprint density at radius 3 is 1.88 bits per heavy atom. The van der Waals surface area contributed by atoms with Crippen LogP contribution in [-0.2, 0) is 11.7 Å². The maximum Gasteiger partial charge on any atom is 0.416 e. The molecule has 0 fully saturated rings. The first kappa shape index (κ1) is 19.5. The predicted octanol–water partition coefficient (Wildman–Crippen LogP) is 6.10. The highest BCUT2D eigenvalue weighted by molar-refractivity contribution is 5.34. The number of alkyl halides is 3. The molecule has 0 unspecified atom stereocenters. The molecule has 4 heteroatoms. The van der Waals surface area contributed by atoms with E-state index in [0.717, 1.165) is 36.1 Å². The van der Waals surface area contributed by atoms with Gasteiger partial charge in [-0.25, -0.2) is 0 Å². The highest BCUT2D eigenvalue weighted by atomic mass is 19.4. The van der Waals surface area contributed by atoms with Gasteiger partial charge in [0.15, 0.2) is 0 Å². The van der Waals surface area contributed by atoms with E-state index in [-0.39, 0.29) is 5.92 Å². The maximum absolute atomic E-state index is 12.8. The Labute approximate surface area is 148 Å². The van der Waals surface area contributed by atoms with Crippen molar-refractivity contribution >= 4 is 0 Å². The van der Waals surface area contributed by atoms with Gasteiger partial charge in [-0.3, -0.25) is 0 Å². The molecule has 2 aromatic rings. The number of hydrogen-bond acceptors (Lipinski definition) is 1. The molecule has 2 aromatic carbocycles. The fourth-order valence-electron chi connectivity index (χ4n) is 3.22. The van der Waals surface area contributed by atoms with Crippen LogP contribution in [0.1, 0.15) is 56.2 Å². The van der Waals surface area contributed by atoms with E-state index in [1.165, 1.54) is 0 Å². The second-order valence-corrected chi connectivity index (χ2v) is 7.29. The maximum atomic E-state index is 12.8. The summed E-state index contributed by atoms with van der Waals surface area (Å²) in [5.41, 5.74) is 7.26. The van der Waals surface area contributed by atoms with E-state index in [1.807, 2.05) is 37.3 Å². The van der Waals surface area contributed by atoms with Crippen LogP contribution in [0.25, 0.3) is 0 Å². The molecular weight excluding hydrogens is 323 g/mol. The largest absolute Gasteiger partial charge is 0.416 e. The zero-order valence-corrected chi connectivity index (χ0v) is 15.0. The molecule has 0 aliphatic rings. The van der Waals surface area contributed by atoms with Gasteiger partial charge in [-0.1, -0.05) is 62.7 Å². The van der Waals surface area contributed by atoms with Crippen LogP contribution in [0.15, 0.2) is 54.6 Å². The summed E-state index contributed by atoms with van der Waals surface area (Å²) in [6.07, 6.45) is -2.53. The van der Waals surface area contributed by atoms with Gasteiger partial charge < -0.3 is 5.73 Å². The van der Waals surface area contributed by atoms with Crippen LogP contribution < -0.4 is 5.73 Å². The van der Waals surface area contributed by atoms with Gasteiger partial charge in [0.25, 0.3) is 0 Å². The fraction of sp³-hybridized carbons (Fsp3) is 0.429. The number of rotatable bonds is 6. The second kappa shape index (κ2) is 7.61. The molecule has 0 aliphatic carbocycles. The number of halogens is 3. The van der Waals surface area contributed by atoms with Crippen molar-refractivity contribution in [3.05, 3.63) is 71.3 Å². The minimum absolute atomic E-state index is 0.0559. The molecule has 1 nitrogen and oxygen atoms in total. The lowest BCUT2D eigenvalue weighted by Gasteiger charge is -2.36. The van der Waals surface area contributed by atoms with Crippen molar-refractivity contribution in [2.24, 2.45) is 11.7 Å². The van der Waals surface area contributed by atoms with Crippen molar-refractivity contribution in [2.75, 3.05) is 0 Å². The Morgan fingerprint density at radius 1 is 0.840 bits per heavy atom. The molecule has 25 heavy (non-hydrogen) atoms. The molecule has 0 bridgehead atoms. The van der Waals surface area contributed by atoms with E-state index < -0.39 is 17.3 Å². The van der Waals surface area contributed by atoms with Gasteiger partial charge in [0.2, 0.25) is 0 Å². The molecule has 0 aliphatic heterocycles. The van der Waals surface area contributed by atoms with Crippen molar-refractivity contribution < 1.29 is 13.2 Å². The SMILES string of the molecule is CC(C)CC[C@@H](c1ccc(C(F)(F)F)cc1)[C@](C)(N)c1ccccc1. The Hall–Kier alpha value is -1.81. The van der Waals surface area contributed by atoms with E-state index in [9.17, 15) is 13.2 Å². The third-order valence-corrected chi connectivity index (χ3v) is 4.79. The average Bonchev–Trinajstić information content (AvgIpc) is 2.55. The third kappa shape index (κ3) is 4.85. The Balaban J connectivity index is 2.39. The van der Waals surface area contributed by atoms with Gasteiger partial charge in [0, 0.05) is 11.5 Å². The van der Waals surface area contributed by atoms with Crippen LogP contribution >= 0.6 is 0 Å². The first-order valence-electron chi connectivity index (χ1n) is 8.64. The van der Waals surface area contributed by atoms with Crippen LogP contribution in [-0.4, -0.2) is 0 Å². The molecule has 2 atom stereocenters. The number of benzene rings is 2.